The second kappa shape index (κ2) is 4.71. The molecule has 0 aliphatic heterocycles. The third-order valence-electron chi connectivity index (χ3n) is 0.950. The van der Waals surface area contributed by atoms with E-state index in [4.69, 9.17) is 10.2 Å². The van der Waals surface area contributed by atoms with E-state index in [0.29, 0.717) is 0 Å². The molecule has 0 unspecified atom stereocenters. The molecule has 0 aliphatic carbocycles. The van der Waals surface area contributed by atoms with E-state index in [1.807, 2.05) is 0 Å². The summed E-state index contributed by atoms with van der Waals surface area (Å²) in [4.78, 5) is 18.8. The van der Waals surface area contributed by atoms with E-state index < -0.39 is 21.6 Å². The van der Waals surface area contributed by atoms with E-state index in [0.717, 1.165) is 0 Å². The Balaban J connectivity index is 3.84. The van der Waals surface area contributed by atoms with Gasteiger partial charge >= 0.3 is 11.9 Å². The van der Waals surface area contributed by atoms with Crippen molar-refractivity contribution in [1.82, 2.24) is 0 Å². The molecule has 2 atom stereocenters. The number of alkyl halides is 2. The fourth-order valence-corrected chi connectivity index (χ4v) is 1.63. The smallest absolute Gasteiger partial charge is 0.317 e. The lowest BCUT2D eigenvalue weighted by Crippen LogP contribution is -2.22. The molecule has 0 heterocycles. The van der Waals surface area contributed by atoms with Crippen molar-refractivity contribution in [2.45, 2.75) is 16.1 Å². The van der Waals surface area contributed by atoms with Gasteiger partial charge in [-0.1, -0.05) is 31.9 Å². The molecular weight excluding hydrogens is 284 g/mol. The largest absolute Gasteiger partial charge is 0.480 e. The van der Waals surface area contributed by atoms with Crippen molar-refractivity contribution >= 4 is 43.8 Å². The van der Waals surface area contributed by atoms with Crippen molar-refractivity contribution in [1.29, 1.82) is 0 Å². The maximum Gasteiger partial charge on any atom is 0.317 e. The van der Waals surface area contributed by atoms with Crippen LogP contribution in [0.4, 0.5) is 0 Å². The Morgan fingerprint density at radius 2 is 1.36 bits per heavy atom. The number of hydrogen-bond acceptors (Lipinski definition) is 2. The fraction of sp³-hybridized carbons (Fsp3) is 0.600. The van der Waals surface area contributed by atoms with Crippen LogP contribution in [0, 0.1) is 0 Å². The Morgan fingerprint density at radius 3 is 1.55 bits per heavy atom. The minimum atomic E-state index is -1.06. The van der Waals surface area contributed by atoms with Gasteiger partial charge in [-0.25, -0.2) is 0 Å². The predicted octanol–water partition coefficient (Wildman–Crippen LogP) is 1.07. The minimum Gasteiger partial charge on any atom is -0.480 e. The highest BCUT2D eigenvalue weighted by molar-refractivity contribution is 9.10. The lowest BCUT2D eigenvalue weighted by atomic mass is 10.2. The Kier molecular flexibility index (Phi) is 4.67. The molecule has 0 bridgehead atoms. The van der Waals surface area contributed by atoms with Crippen molar-refractivity contribution in [2.24, 2.45) is 0 Å². The van der Waals surface area contributed by atoms with Crippen LogP contribution < -0.4 is 0 Å². The molecule has 4 nitrogen and oxygen atoms in total. The first-order valence-corrected chi connectivity index (χ1v) is 4.52. The van der Waals surface area contributed by atoms with Gasteiger partial charge in [-0.15, -0.1) is 0 Å². The number of rotatable bonds is 4. The summed E-state index contributed by atoms with van der Waals surface area (Å²) in [5.41, 5.74) is 0. The molecule has 0 fully saturated rings. The van der Waals surface area contributed by atoms with Gasteiger partial charge in [-0.2, -0.15) is 0 Å². The van der Waals surface area contributed by atoms with Crippen LogP contribution >= 0.6 is 31.9 Å². The third-order valence-corrected chi connectivity index (χ3v) is 2.48. The van der Waals surface area contributed by atoms with Gasteiger partial charge in [0.1, 0.15) is 9.65 Å². The van der Waals surface area contributed by atoms with Gasteiger partial charge in [-0.3, -0.25) is 9.59 Å². The predicted molar refractivity (Wildman–Crippen MR) is 45.3 cm³/mol. The van der Waals surface area contributed by atoms with Crippen LogP contribution in [0.25, 0.3) is 0 Å². The monoisotopic (exact) mass is 288 g/mol. The van der Waals surface area contributed by atoms with Crippen LogP contribution in [0.2, 0.25) is 0 Å². The summed E-state index contributed by atoms with van der Waals surface area (Å²) in [6.45, 7) is 0. The summed E-state index contributed by atoms with van der Waals surface area (Å²) < 4.78 is 0. The van der Waals surface area contributed by atoms with Crippen molar-refractivity contribution in [3.05, 3.63) is 0 Å². The molecule has 0 saturated carbocycles. The van der Waals surface area contributed by atoms with E-state index in [9.17, 15) is 9.59 Å². The van der Waals surface area contributed by atoms with E-state index in [1.165, 1.54) is 0 Å². The second-order valence-corrected chi connectivity index (χ2v) is 4.06. The van der Waals surface area contributed by atoms with E-state index in [1.54, 1.807) is 0 Å². The van der Waals surface area contributed by atoms with Gasteiger partial charge in [0.15, 0.2) is 0 Å². The first kappa shape index (κ1) is 10.9. The highest BCUT2D eigenvalue weighted by Gasteiger charge is 2.22. The number of carboxylic acid groups (broad SMARTS) is 2. The van der Waals surface area contributed by atoms with E-state index >= 15 is 0 Å². The van der Waals surface area contributed by atoms with Crippen LogP contribution in [0.15, 0.2) is 0 Å². The summed E-state index contributed by atoms with van der Waals surface area (Å²) in [6.07, 6.45) is 0.0185. The van der Waals surface area contributed by atoms with E-state index in [2.05, 4.69) is 31.9 Å². The third kappa shape index (κ3) is 4.36. The standard InChI is InChI=1S/C5H6Br2O4/c6-2(4(8)9)1-3(7)5(10)11/h2-3H,1H2,(H,8,9)(H,10,11)/t2-,3+. The normalized spacial score (nSPS) is 15.5. The van der Waals surface area contributed by atoms with E-state index in [-0.39, 0.29) is 6.42 Å². The number of aliphatic carboxylic acids is 2. The highest BCUT2D eigenvalue weighted by Crippen LogP contribution is 2.14. The zero-order chi connectivity index (χ0) is 9.02. The van der Waals surface area contributed by atoms with Crippen molar-refractivity contribution in [3.8, 4) is 0 Å². The molecule has 0 radical (unpaired) electrons. The van der Waals surface area contributed by atoms with Crippen LogP contribution in [-0.4, -0.2) is 31.8 Å². The quantitative estimate of drug-likeness (QED) is 0.759. The number of hydrogen-bond donors (Lipinski definition) is 2. The number of halogens is 2. The maximum absolute atomic E-state index is 10.2. The summed E-state index contributed by atoms with van der Waals surface area (Å²) in [5.74, 6) is -2.12. The van der Waals surface area contributed by atoms with Gasteiger partial charge in [0.2, 0.25) is 0 Å². The average molecular weight is 290 g/mol. The molecule has 0 amide bonds. The first-order valence-electron chi connectivity index (χ1n) is 2.69. The molecule has 0 aromatic rings. The fourth-order valence-electron chi connectivity index (χ4n) is 0.383. The highest BCUT2D eigenvalue weighted by atomic mass is 79.9. The molecule has 0 aromatic carbocycles. The van der Waals surface area contributed by atoms with Crippen molar-refractivity contribution in [2.75, 3.05) is 0 Å². The average Bonchev–Trinajstić information content (AvgIpc) is 1.87. The molecule has 0 spiro atoms. The van der Waals surface area contributed by atoms with Crippen molar-refractivity contribution in [3.63, 3.8) is 0 Å². The number of carboxylic acids is 2. The van der Waals surface area contributed by atoms with Crippen LogP contribution in [0.3, 0.4) is 0 Å². The summed E-state index contributed by atoms with van der Waals surface area (Å²) in [5, 5.41) is 16.7. The lowest BCUT2D eigenvalue weighted by Gasteiger charge is -2.05. The first-order chi connectivity index (χ1) is 4.95. The minimum absolute atomic E-state index is 0.0185. The molecule has 64 valence electrons. The number of carbonyl (C=O) groups is 2. The van der Waals surface area contributed by atoms with Crippen molar-refractivity contribution < 1.29 is 19.8 Å². The Bertz CT molecular complexity index is 152. The molecule has 0 aromatic heterocycles. The molecule has 11 heavy (non-hydrogen) atoms. The summed E-state index contributed by atoms with van der Waals surface area (Å²) >= 11 is 5.64. The summed E-state index contributed by atoms with van der Waals surface area (Å²) in [7, 11) is 0. The summed E-state index contributed by atoms with van der Waals surface area (Å²) in [6, 6.07) is 0. The van der Waals surface area contributed by atoms with Gasteiger partial charge in [0, 0.05) is 0 Å². The Morgan fingerprint density at radius 1 is 1.09 bits per heavy atom. The SMILES string of the molecule is O=C(O)[C@H](Br)C[C@H](Br)C(=O)O. The van der Waals surface area contributed by atoms with Gasteiger partial charge in [-0.05, 0) is 6.42 Å². The molecule has 6 heteroatoms. The molecule has 2 N–H and O–H groups in total. The van der Waals surface area contributed by atoms with Crippen LogP contribution in [0.5, 0.6) is 0 Å². The zero-order valence-corrected chi connectivity index (χ0v) is 8.50. The Hall–Kier alpha value is -0.100. The molecule has 0 rings (SSSR count). The molecule has 0 aliphatic rings. The Labute approximate surface area is 79.8 Å². The maximum atomic E-state index is 10.2. The van der Waals surface area contributed by atoms with Gasteiger partial charge in [0.05, 0.1) is 0 Å². The molecular formula is C5H6Br2O4. The van der Waals surface area contributed by atoms with Crippen LogP contribution in [-0.2, 0) is 9.59 Å². The second-order valence-electron chi connectivity index (χ2n) is 1.85. The molecule has 0 saturated heterocycles. The lowest BCUT2D eigenvalue weighted by molar-refractivity contribution is -0.137. The van der Waals surface area contributed by atoms with Gasteiger partial charge in [0.25, 0.3) is 0 Å². The van der Waals surface area contributed by atoms with Crippen LogP contribution in [0.1, 0.15) is 6.42 Å². The topological polar surface area (TPSA) is 74.6 Å². The zero-order valence-electron chi connectivity index (χ0n) is 5.33. The van der Waals surface area contributed by atoms with Gasteiger partial charge < -0.3 is 10.2 Å².